The molecule has 0 bridgehead atoms. The monoisotopic (exact) mass is 192 g/mol. The second-order valence-corrected chi connectivity index (χ2v) is 4.07. The molecule has 0 heterocycles. The Labute approximate surface area is 84.5 Å². The first-order chi connectivity index (χ1) is 6.85. The summed E-state index contributed by atoms with van der Waals surface area (Å²) in [5.74, 6) is 0.918. The SMILES string of the molecule is OCC1(CCOc2ccccc2)CC1. The third-order valence-corrected chi connectivity index (χ3v) is 2.94. The van der Waals surface area contributed by atoms with Gasteiger partial charge in [-0.1, -0.05) is 18.2 Å². The van der Waals surface area contributed by atoms with Crippen molar-refractivity contribution in [1.29, 1.82) is 0 Å². The average molecular weight is 192 g/mol. The maximum atomic E-state index is 9.10. The zero-order valence-corrected chi connectivity index (χ0v) is 8.28. The average Bonchev–Trinajstić information content (AvgIpc) is 3.00. The standard InChI is InChI=1S/C12H16O2/c13-10-12(6-7-12)8-9-14-11-4-2-1-3-5-11/h1-5,13H,6-10H2. The molecule has 1 aromatic rings. The molecule has 0 unspecified atom stereocenters. The van der Waals surface area contributed by atoms with E-state index in [4.69, 9.17) is 9.84 Å². The Morgan fingerprint density at radius 3 is 2.50 bits per heavy atom. The van der Waals surface area contributed by atoms with E-state index >= 15 is 0 Å². The van der Waals surface area contributed by atoms with Crippen molar-refractivity contribution in [3.05, 3.63) is 30.3 Å². The summed E-state index contributed by atoms with van der Waals surface area (Å²) in [5.41, 5.74) is 0.203. The lowest BCUT2D eigenvalue weighted by atomic mass is 10.1. The number of ether oxygens (including phenoxy) is 1. The van der Waals surface area contributed by atoms with Gasteiger partial charge in [-0.2, -0.15) is 0 Å². The molecule has 0 radical (unpaired) electrons. The highest BCUT2D eigenvalue weighted by Gasteiger charge is 2.41. The van der Waals surface area contributed by atoms with Crippen molar-refractivity contribution in [3.8, 4) is 5.75 Å². The van der Waals surface area contributed by atoms with Crippen molar-refractivity contribution in [2.75, 3.05) is 13.2 Å². The fourth-order valence-electron chi connectivity index (χ4n) is 1.57. The molecule has 0 saturated heterocycles. The van der Waals surface area contributed by atoms with Gasteiger partial charge in [-0.25, -0.2) is 0 Å². The van der Waals surface area contributed by atoms with Crippen molar-refractivity contribution in [1.82, 2.24) is 0 Å². The lowest BCUT2D eigenvalue weighted by Gasteiger charge is -2.11. The van der Waals surface area contributed by atoms with Gasteiger partial charge in [0.2, 0.25) is 0 Å². The minimum absolute atomic E-state index is 0.203. The van der Waals surface area contributed by atoms with Gasteiger partial charge in [0.25, 0.3) is 0 Å². The summed E-state index contributed by atoms with van der Waals surface area (Å²) >= 11 is 0. The van der Waals surface area contributed by atoms with Crippen LogP contribution in [0.2, 0.25) is 0 Å². The summed E-state index contributed by atoms with van der Waals surface area (Å²) < 4.78 is 5.57. The molecule has 1 fully saturated rings. The summed E-state index contributed by atoms with van der Waals surface area (Å²) in [5, 5.41) is 9.10. The van der Waals surface area contributed by atoms with Crippen molar-refractivity contribution in [2.45, 2.75) is 19.3 Å². The predicted octanol–water partition coefficient (Wildman–Crippen LogP) is 2.23. The summed E-state index contributed by atoms with van der Waals surface area (Å²) in [7, 11) is 0. The van der Waals surface area contributed by atoms with E-state index in [1.807, 2.05) is 30.3 Å². The van der Waals surface area contributed by atoms with E-state index < -0.39 is 0 Å². The second-order valence-electron chi connectivity index (χ2n) is 4.07. The molecule has 2 rings (SSSR count). The highest BCUT2D eigenvalue weighted by Crippen LogP contribution is 2.48. The fraction of sp³-hybridized carbons (Fsp3) is 0.500. The first kappa shape index (κ1) is 9.53. The van der Waals surface area contributed by atoms with Crippen LogP contribution in [-0.4, -0.2) is 18.3 Å². The second kappa shape index (κ2) is 4.01. The van der Waals surface area contributed by atoms with Gasteiger partial charge in [0, 0.05) is 6.61 Å². The molecular formula is C12H16O2. The number of para-hydroxylation sites is 1. The maximum Gasteiger partial charge on any atom is 0.119 e. The molecule has 1 aliphatic rings. The number of hydrogen-bond acceptors (Lipinski definition) is 2. The minimum atomic E-state index is 0.203. The highest BCUT2D eigenvalue weighted by atomic mass is 16.5. The van der Waals surface area contributed by atoms with Gasteiger partial charge in [0.15, 0.2) is 0 Å². The summed E-state index contributed by atoms with van der Waals surface area (Å²) in [6.07, 6.45) is 3.28. The molecule has 1 aromatic carbocycles. The van der Waals surface area contributed by atoms with Gasteiger partial charge in [-0.05, 0) is 36.8 Å². The lowest BCUT2D eigenvalue weighted by Crippen LogP contribution is -2.11. The smallest absolute Gasteiger partial charge is 0.119 e. The number of aliphatic hydroxyl groups excluding tert-OH is 1. The van der Waals surface area contributed by atoms with Crippen molar-refractivity contribution < 1.29 is 9.84 Å². The van der Waals surface area contributed by atoms with Crippen LogP contribution in [0, 0.1) is 5.41 Å². The summed E-state index contributed by atoms with van der Waals surface area (Å²) in [4.78, 5) is 0. The topological polar surface area (TPSA) is 29.5 Å². The van der Waals surface area contributed by atoms with Crippen molar-refractivity contribution in [2.24, 2.45) is 5.41 Å². The fourth-order valence-corrected chi connectivity index (χ4v) is 1.57. The van der Waals surface area contributed by atoms with Gasteiger partial charge in [0.1, 0.15) is 5.75 Å². The Kier molecular flexibility index (Phi) is 2.73. The van der Waals surface area contributed by atoms with Gasteiger partial charge < -0.3 is 9.84 Å². The Morgan fingerprint density at radius 1 is 1.21 bits per heavy atom. The van der Waals surface area contributed by atoms with Gasteiger partial charge >= 0.3 is 0 Å². The van der Waals surface area contributed by atoms with Gasteiger partial charge in [-0.15, -0.1) is 0 Å². The van der Waals surface area contributed by atoms with Crippen LogP contribution in [0.5, 0.6) is 5.75 Å². The minimum Gasteiger partial charge on any atom is -0.494 e. The van der Waals surface area contributed by atoms with Crippen LogP contribution in [0.4, 0.5) is 0 Å². The van der Waals surface area contributed by atoms with E-state index in [0.29, 0.717) is 13.2 Å². The molecule has 0 atom stereocenters. The largest absolute Gasteiger partial charge is 0.494 e. The van der Waals surface area contributed by atoms with Crippen LogP contribution in [0.15, 0.2) is 30.3 Å². The molecule has 1 N–H and O–H groups in total. The first-order valence-electron chi connectivity index (χ1n) is 5.13. The molecule has 14 heavy (non-hydrogen) atoms. The first-order valence-corrected chi connectivity index (χ1v) is 5.13. The lowest BCUT2D eigenvalue weighted by molar-refractivity contribution is 0.176. The maximum absolute atomic E-state index is 9.10. The molecule has 0 amide bonds. The van der Waals surface area contributed by atoms with E-state index in [9.17, 15) is 0 Å². The van der Waals surface area contributed by atoms with Crippen LogP contribution in [0.25, 0.3) is 0 Å². The normalized spacial score (nSPS) is 17.8. The summed E-state index contributed by atoms with van der Waals surface area (Å²) in [6, 6.07) is 9.82. The number of aliphatic hydroxyl groups is 1. The van der Waals surface area contributed by atoms with E-state index in [0.717, 1.165) is 25.0 Å². The van der Waals surface area contributed by atoms with Crippen LogP contribution < -0.4 is 4.74 Å². The number of rotatable bonds is 5. The molecule has 0 spiro atoms. The Bertz CT molecular complexity index is 278. The van der Waals surface area contributed by atoms with E-state index in [1.165, 1.54) is 0 Å². The molecule has 0 aromatic heterocycles. The van der Waals surface area contributed by atoms with Gasteiger partial charge in [0.05, 0.1) is 6.61 Å². The third kappa shape index (κ3) is 2.26. The van der Waals surface area contributed by atoms with Crippen LogP contribution in [-0.2, 0) is 0 Å². The van der Waals surface area contributed by atoms with Crippen LogP contribution >= 0.6 is 0 Å². The van der Waals surface area contributed by atoms with E-state index in [-0.39, 0.29) is 5.41 Å². The Hall–Kier alpha value is -1.02. The zero-order valence-electron chi connectivity index (χ0n) is 8.28. The van der Waals surface area contributed by atoms with E-state index in [1.54, 1.807) is 0 Å². The van der Waals surface area contributed by atoms with Crippen LogP contribution in [0.3, 0.4) is 0 Å². The Balaban J connectivity index is 1.73. The predicted molar refractivity (Wildman–Crippen MR) is 55.3 cm³/mol. The van der Waals surface area contributed by atoms with Crippen LogP contribution in [0.1, 0.15) is 19.3 Å². The molecular weight excluding hydrogens is 176 g/mol. The zero-order chi connectivity index (χ0) is 9.86. The summed E-state index contributed by atoms with van der Waals surface area (Å²) in [6.45, 7) is 1.02. The molecule has 76 valence electrons. The number of benzene rings is 1. The quantitative estimate of drug-likeness (QED) is 0.775. The molecule has 1 saturated carbocycles. The molecule has 0 aliphatic heterocycles. The van der Waals surface area contributed by atoms with Crippen molar-refractivity contribution >= 4 is 0 Å². The third-order valence-electron chi connectivity index (χ3n) is 2.94. The molecule has 1 aliphatic carbocycles. The molecule has 2 heteroatoms. The Morgan fingerprint density at radius 2 is 1.93 bits per heavy atom. The number of hydrogen-bond donors (Lipinski definition) is 1. The molecule has 2 nitrogen and oxygen atoms in total. The van der Waals surface area contributed by atoms with Gasteiger partial charge in [-0.3, -0.25) is 0 Å². The van der Waals surface area contributed by atoms with Crippen molar-refractivity contribution in [3.63, 3.8) is 0 Å². The highest BCUT2D eigenvalue weighted by molar-refractivity contribution is 5.20. The van der Waals surface area contributed by atoms with E-state index in [2.05, 4.69) is 0 Å².